The van der Waals surface area contributed by atoms with E-state index in [0.29, 0.717) is 24.9 Å². The number of amides is 1. The average Bonchev–Trinajstić information content (AvgIpc) is 3.19. The first-order valence-electron chi connectivity index (χ1n) is 8.28. The fourth-order valence-corrected chi connectivity index (χ4v) is 2.32. The second-order valence-electron chi connectivity index (χ2n) is 6.96. The van der Waals surface area contributed by atoms with Gasteiger partial charge >= 0.3 is 6.09 Å². The minimum absolute atomic E-state index is 0.0771. The smallest absolute Gasteiger partial charge is 0.410 e. The molecule has 1 heterocycles. The van der Waals surface area contributed by atoms with Crippen molar-refractivity contribution in [1.29, 1.82) is 0 Å². The molecule has 0 atom stereocenters. The molecule has 0 spiro atoms. The van der Waals surface area contributed by atoms with Gasteiger partial charge in [0, 0.05) is 12.6 Å². The van der Waals surface area contributed by atoms with E-state index in [0.717, 1.165) is 31.6 Å². The molecule has 0 bridgehead atoms. The lowest BCUT2D eigenvalue weighted by Gasteiger charge is -2.27. The van der Waals surface area contributed by atoms with Gasteiger partial charge in [0.2, 0.25) is 0 Å². The first-order chi connectivity index (χ1) is 10.9. The van der Waals surface area contributed by atoms with Crippen molar-refractivity contribution >= 4 is 6.09 Å². The maximum absolute atomic E-state index is 12.2. The summed E-state index contributed by atoms with van der Waals surface area (Å²) in [6.07, 6.45) is 2.80. The van der Waals surface area contributed by atoms with Crippen LogP contribution in [0.15, 0.2) is 16.5 Å². The predicted molar refractivity (Wildman–Crippen MR) is 86.9 cm³/mol. The highest BCUT2D eigenvalue weighted by atomic mass is 16.6. The van der Waals surface area contributed by atoms with Crippen LogP contribution in [0.3, 0.4) is 0 Å². The highest BCUT2D eigenvalue weighted by molar-refractivity contribution is 5.69. The monoisotopic (exact) mass is 324 g/mol. The lowest BCUT2D eigenvalue weighted by Crippen LogP contribution is -2.39. The van der Waals surface area contributed by atoms with E-state index >= 15 is 0 Å². The number of nitrogens with zero attached hydrogens (tertiary/aromatic N) is 1. The number of carbonyl (C=O) groups excluding carboxylic acids is 1. The van der Waals surface area contributed by atoms with Crippen molar-refractivity contribution in [3.8, 4) is 0 Å². The third kappa shape index (κ3) is 6.23. The summed E-state index contributed by atoms with van der Waals surface area (Å²) in [7, 11) is 0. The second kappa shape index (κ2) is 7.84. The lowest BCUT2D eigenvalue weighted by molar-refractivity contribution is 0.0232. The molecule has 1 aliphatic carbocycles. The fraction of sp³-hybridized carbons (Fsp3) is 0.706. The summed E-state index contributed by atoms with van der Waals surface area (Å²) in [6.45, 7) is 7.71. The molecule has 1 amide bonds. The maximum atomic E-state index is 12.2. The SMILES string of the molecule is CC(C)(C)OC(=O)N(CCCNCc1ccc(CO)o1)C1CC1. The zero-order valence-electron chi connectivity index (χ0n) is 14.3. The van der Waals surface area contributed by atoms with Gasteiger partial charge in [-0.15, -0.1) is 0 Å². The molecular weight excluding hydrogens is 296 g/mol. The summed E-state index contributed by atoms with van der Waals surface area (Å²) in [4.78, 5) is 14.1. The highest BCUT2D eigenvalue weighted by Gasteiger charge is 2.34. The third-order valence-electron chi connectivity index (χ3n) is 3.54. The van der Waals surface area contributed by atoms with E-state index in [1.165, 1.54) is 0 Å². The van der Waals surface area contributed by atoms with E-state index in [4.69, 9.17) is 14.3 Å². The van der Waals surface area contributed by atoms with Gasteiger partial charge in [-0.25, -0.2) is 4.79 Å². The molecule has 0 aliphatic heterocycles. The minimum Gasteiger partial charge on any atom is -0.462 e. The molecule has 23 heavy (non-hydrogen) atoms. The van der Waals surface area contributed by atoms with Gasteiger partial charge in [-0.05, 0) is 58.7 Å². The summed E-state index contributed by atoms with van der Waals surface area (Å²) < 4.78 is 10.9. The van der Waals surface area contributed by atoms with Crippen LogP contribution >= 0.6 is 0 Å². The van der Waals surface area contributed by atoms with Crippen LogP contribution in [-0.4, -0.2) is 40.8 Å². The molecule has 1 aromatic rings. The molecule has 2 N–H and O–H groups in total. The number of aliphatic hydroxyl groups is 1. The molecule has 1 fully saturated rings. The minimum atomic E-state index is -0.452. The standard InChI is InChI=1S/C17H28N2O4/c1-17(2,3)23-16(21)19(13-5-6-13)10-4-9-18-11-14-7-8-15(12-20)22-14/h7-8,13,18,20H,4-6,9-12H2,1-3H3. The summed E-state index contributed by atoms with van der Waals surface area (Å²) >= 11 is 0. The van der Waals surface area contributed by atoms with Crippen molar-refractivity contribution in [3.63, 3.8) is 0 Å². The highest BCUT2D eigenvalue weighted by Crippen LogP contribution is 2.28. The first-order valence-corrected chi connectivity index (χ1v) is 8.28. The normalized spacial score (nSPS) is 14.8. The van der Waals surface area contributed by atoms with Crippen molar-refractivity contribution in [2.75, 3.05) is 13.1 Å². The summed E-state index contributed by atoms with van der Waals surface area (Å²) in [5, 5.41) is 12.2. The van der Waals surface area contributed by atoms with Crippen molar-refractivity contribution in [2.24, 2.45) is 0 Å². The molecule has 0 unspecified atom stereocenters. The van der Waals surface area contributed by atoms with Crippen molar-refractivity contribution in [1.82, 2.24) is 10.2 Å². The molecule has 0 saturated heterocycles. The number of rotatable bonds is 8. The molecule has 6 heteroatoms. The van der Waals surface area contributed by atoms with Crippen LogP contribution in [0.2, 0.25) is 0 Å². The molecule has 0 aromatic carbocycles. The Bertz CT molecular complexity index is 503. The molecule has 6 nitrogen and oxygen atoms in total. The van der Waals surface area contributed by atoms with Crippen molar-refractivity contribution < 1.29 is 19.1 Å². The van der Waals surface area contributed by atoms with Crippen LogP contribution < -0.4 is 5.32 Å². The number of furan rings is 1. The number of carbonyl (C=O) groups is 1. The Morgan fingerprint density at radius 1 is 1.39 bits per heavy atom. The fourth-order valence-electron chi connectivity index (χ4n) is 2.32. The van der Waals surface area contributed by atoms with Crippen LogP contribution in [-0.2, 0) is 17.9 Å². The molecule has 0 radical (unpaired) electrons. The molecule has 1 aliphatic rings. The Morgan fingerprint density at radius 2 is 2.09 bits per heavy atom. The maximum Gasteiger partial charge on any atom is 0.410 e. The number of hydrogen-bond donors (Lipinski definition) is 2. The van der Waals surface area contributed by atoms with E-state index < -0.39 is 5.60 Å². The van der Waals surface area contributed by atoms with Gasteiger partial charge in [-0.3, -0.25) is 0 Å². The third-order valence-corrected chi connectivity index (χ3v) is 3.54. The quantitative estimate of drug-likeness (QED) is 0.719. The zero-order chi connectivity index (χ0) is 16.9. The van der Waals surface area contributed by atoms with E-state index in [-0.39, 0.29) is 12.7 Å². The lowest BCUT2D eigenvalue weighted by atomic mass is 10.2. The van der Waals surface area contributed by atoms with Crippen LogP contribution in [0.1, 0.15) is 51.6 Å². The van der Waals surface area contributed by atoms with E-state index in [1.54, 1.807) is 6.07 Å². The van der Waals surface area contributed by atoms with Gasteiger partial charge < -0.3 is 24.5 Å². The van der Waals surface area contributed by atoms with Crippen LogP contribution in [0.4, 0.5) is 4.79 Å². The Balaban J connectivity index is 1.67. The summed E-state index contributed by atoms with van der Waals surface area (Å²) in [5.41, 5.74) is -0.452. The van der Waals surface area contributed by atoms with Gasteiger partial charge in [0.1, 0.15) is 23.7 Å². The molecule has 130 valence electrons. The largest absolute Gasteiger partial charge is 0.462 e. The number of aliphatic hydroxyl groups excluding tert-OH is 1. The molecular formula is C17H28N2O4. The Kier molecular flexibility index (Phi) is 6.07. The van der Waals surface area contributed by atoms with E-state index in [1.807, 2.05) is 31.7 Å². The van der Waals surface area contributed by atoms with Crippen molar-refractivity contribution in [2.45, 2.75) is 64.8 Å². The Hall–Kier alpha value is -1.53. The first kappa shape index (κ1) is 17.8. The van der Waals surface area contributed by atoms with Crippen LogP contribution in [0.5, 0.6) is 0 Å². The van der Waals surface area contributed by atoms with Crippen molar-refractivity contribution in [3.05, 3.63) is 23.7 Å². The molecule has 1 aromatic heterocycles. The van der Waals surface area contributed by atoms with Crippen LogP contribution in [0, 0.1) is 0 Å². The van der Waals surface area contributed by atoms with Gasteiger partial charge in [-0.1, -0.05) is 0 Å². The Labute approximate surface area is 137 Å². The van der Waals surface area contributed by atoms with Gasteiger partial charge in [-0.2, -0.15) is 0 Å². The predicted octanol–water partition coefficient (Wildman–Crippen LogP) is 2.65. The average molecular weight is 324 g/mol. The number of nitrogens with one attached hydrogen (secondary N) is 1. The second-order valence-corrected chi connectivity index (χ2v) is 6.96. The van der Waals surface area contributed by atoms with E-state index in [9.17, 15) is 4.79 Å². The zero-order valence-corrected chi connectivity index (χ0v) is 14.3. The topological polar surface area (TPSA) is 74.9 Å². The molecule has 2 rings (SSSR count). The summed E-state index contributed by atoms with van der Waals surface area (Å²) in [6, 6.07) is 3.98. The van der Waals surface area contributed by atoms with Crippen LogP contribution in [0.25, 0.3) is 0 Å². The summed E-state index contributed by atoms with van der Waals surface area (Å²) in [5.74, 6) is 1.38. The van der Waals surface area contributed by atoms with Gasteiger partial charge in [0.05, 0.1) is 6.54 Å². The van der Waals surface area contributed by atoms with Gasteiger partial charge in [0.15, 0.2) is 0 Å². The number of hydrogen-bond acceptors (Lipinski definition) is 5. The van der Waals surface area contributed by atoms with E-state index in [2.05, 4.69) is 5.32 Å². The Morgan fingerprint density at radius 3 is 2.65 bits per heavy atom. The van der Waals surface area contributed by atoms with Gasteiger partial charge in [0.25, 0.3) is 0 Å². The molecule has 1 saturated carbocycles. The number of ether oxygens (including phenoxy) is 1.